The van der Waals surface area contributed by atoms with Gasteiger partial charge in [-0.2, -0.15) is 0 Å². The largest absolute Gasteiger partial charge is 0.362 e. The summed E-state index contributed by atoms with van der Waals surface area (Å²) in [5, 5.41) is 10.9. The van der Waals surface area contributed by atoms with Gasteiger partial charge in [0.05, 0.1) is 6.54 Å². The van der Waals surface area contributed by atoms with Gasteiger partial charge < -0.3 is 14.9 Å². The third kappa shape index (κ3) is 3.39. The van der Waals surface area contributed by atoms with Crippen molar-refractivity contribution >= 4 is 5.91 Å². The van der Waals surface area contributed by atoms with Gasteiger partial charge >= 0.3 is 0 Å². The molecule has 1 saturated carbocycles. The predicted molar refractivity (Wildman–Crippen MR) is 89.9 cm³/mol. The molecule has 1 aliphatic carbocycles. The van der Waals surface area contributed by atoms with Gasteiger partial charge in [0.1, 0.15) is 11.9 Å². The van der Waals surface area contributed by atoms with E-state index in [1.807, 2.05) is 0 Å². The average molecular weight is 329 g/mol. The second-order valence-corrected chi connectivity index (χ2v) is 6.45. The van der Waals surface area contributed by atoms with Gasteiger partial charge in [-0.1, -0.05) is 19.3 Å². The number of carbonyl (C=O) groups is 1. The van der Waals surface area contributed by atoms with Gasteiger partial charge in [0, 0.05) is 23.5 Å². The van der Waals surface area contributed by atoms with E-state index in [1.54, 1.807) is 20.2 Å². The highest BCUT2D eigenvalue weighted by molar-refractivity contribution is 5.95. The molecule has 0 atom stereocenters. The van der Waals surface area contributed by atoms with Crippen LogP contribution in [0, 0.1) is 13.8 Å². The molecule has 0 bridgehead atoms. The highest BCUT2D eigenvalue weighted by Crippen LogP contribution is 2.28. The summed E-state index contributed by atoms with van der Waals surface area (Å²) in [6.07, 6.45) is 7.69. The molecule has 0 unspecified atom stereocenters. The first-order chi connectivity index (χ1) is 11.6. The maximum absolute atomic E-state index is 12.4. The number of amides is 1. The Hall–Kier alpha value is -2.44. The Morgan fingerprint density at radius 1 is 1.33 bits per heavy atom. The molecule has 2 heterocycles. The molecule has 7 nitrogen and oxygen atoms in total. The van der Waals surface area contributed by atoms with Crippen LogP contribution >= 0.6 is 0 Å². The normalized spacial score (nSPS) is 15.4. The molecule has 2 aromatic rings. The third-order valence-corrected chi connectivity index (χ3v) is 4.60. The molecular formula is C17H23N5O2. The minimum atomic E-state index is -0.382. The zero-order valence-corrected chi connectivity index (χ0v) is 14.1. The summed E-state index contributed by atoms with van der Waals surface area (Å²) in [6.45, 7) is 3.79. The van der Waals surface area contributed by atoms with Crippen LogP contribution in [-0.4, -0.2) is 25.7 Å². The molecule has 1 aliphatic rings. The van der Waals surface area contributed by atoms with Crippen LogP contribution in [0.25, 0.3) is 0 Å². The van der Waals surface area contributed by atoms with Crippen LogP contribution in [0.3, 0.4) is 0 Å². The number of aromatic amines is 1. The van der Waals surface area contributed by atoms with Gasteiger partial charge in [-0.3, -0.25) is 9.59 Å². The molecule has 3 rings (SSSR count). The zero-order valence-electron chi connectivity index (χ0n) is 14.1. The highest BCUT2D eigenvalue weighted by atomic mass is 16.2. The van der Waals surface area contributed by atoms with E-state index in [-0.39, 0.29) is 23.4 Å². The topological polar surface area (TPSA) is 92.7 Å². The van der Waals surface area contributed by atoms with Crippen LogP contribution in [0.4, 0.5) is 0 Å². The molecule has 128 valence electrons. The van der Waals surface area contributed by atoms with Crippen LogP contribution in [-0.2, 0) is 6.54 Å². The average Bonchev–Trinajstić information content (AvgIpc) is 3.01. The third-order valence-electron chi connectivity index (χ3n) is 4.60. The van der Waals surface area contributed by atoms with Crippen molar-refractivity contribution in [3.8, 4) is 0 Å². The number of aryl methyl sites for hydroxylation is 2. The molecule has 2 N–H and O–H groups in total. The van der Waals surface area contributed by atoms with E-state index in [9.17, 15) is 9.59 Å². The maximum Gasteiger partial charge on any atom is 0.257 e. The van der Waals surface area contributed by atoms with Gasteiger partial charge in [-0.05, 0) is 26.7 Å². The van der Waals surface area contributed by atoms with Crippen molar-refractivity contribution in [1.82, 2.24) is 25.1 Å². The van der Waals surface area contributed by atoms with E-state index in [1.165, 1.54) is 25.3 Å². The first-order valence-electron chi connectivity index (χ1n) is 8.43. The number of nitrogens with one attached hydrogen (secondary N) is 2. The Balaban J connectivity index is 1.72. The number of carbonyl (C=O) groups excluding carboxylic acids is 1. The Labute approximate surface area is 140 Å². The van der Waals surface area contributed by atoms with Gasteiger partial charge in [-0.15, -0.1) is 10.2 Å². The second-order valence-electron chi connectivity index (χ2n) is 6.45. The summed E-state index contributed by atoms with van der Waals surface area (Å²) in [4.78, 5) is 27.5. The molecule has 0 spiro atoms. The fourth-order valence-electron chi connectivity index (χ4n) is 3.44. The van der Waals surface area contributed by atoms with Crippen molar-refractivity contribution in [3.05, 3.63) is 45.4 Å². The zero-order chi connectivity index (χ0) is 17.1. The Bertz CT molecular complexity index is 787. The molecular weight excluding hydrogens is 306 g/mol. The van der Waals surface area contributed by atoms with Gasteiger partial charge in [-0.25, -0.2) is 0 Å². The van der Waals surface area contributed by atoms with Crippen molar-refractivity contribution in [3.63, 3.8) is 0 Å². The number of rotatable bonds is 4. The van der Waals surface area contributed by atoms with Gasteiger partial charge in [0.2, 0.25) is 0 Å². The molecule has 0 radical (unpaired) electrons. The maximum atomic E-state index is 12.4. The van der Waals surface area contributed by atoms with Crippen LogP contribution in [0.2, 0.25) is 0 Å². The lowest BCUT2D eigenvalue weighted by molar-refractivity contribution is 0.0947. The van der Waals surface area contributed by atoms with Crippen molar-refractivity contribution in [1.29, 1.82) is 0 Å². The smallest absolute Gasteiger partial charge is 0.257 e. The number of nitrogens with zero attached hydrogens (tertiary/aromatic N) is 3. The SMILES string of the molecule is Cc1cc(=O)c(C(=O)NCc2nncn2C2CCCCC2)c(C)[nH]1. The lowest BCUT2D eigenvalue weighted by atomic mass is 9.95. The van der Waals surface area contributed by atoms with E-state index in [0.29, 0.717) is 11.7 Å². The summed E-state index contributed by atoms with van der Waals surface area (Å²) in [5.41, 5.74) is 1.21. The summed E-state index contributed by atoms with van der Waals surface area (Å²) in [6, 6.07) is 1.84. The fourth-order valence-corrected chi connectivity index (χ4v) is 3.44. The minimum absolute atomic E-state index is 0.157. The van der Waals surface area contributed by atoms with E-state index in [2.05, 4.69) is 25.1 Å². The molecule has 0 aliphatic heterocycles. The molecule has 0 saturated heterocycles. The van der Waals surface area contributed by atoms with E-state index < -0.39 is 0 Å². The Morgan fingerprint density at radius 3 is 2.79 bits per heavy atom. The van der Waals surface area contributed by atoms with E-state index in [0.717, 1.165) is 24.4 Å². The standard InChI is InChI=1S/C17H23N5O2/c1-11-8-14(23)16(12(2)20-11)17(24)18-9-15-21-19-10-22(15)13-6-4-3-5-7-13/h8,10,13H,3-7,9H2,1-2H3,(H,18,24)(H,20,23). The van der Waals surface area contributed by atoms with Crippen LogP contribution in [0.1, 0.15) is 65.7 Å². The molecule has 2 aromatic heterocycles. The number of pyridine rings is 1. The Kier molecular flexibility index (Phi) is 4.78. The summed E-state index contributed by atoms with van der Waals surface area (Å²) >= 11 is 0. The monoisotopic (exact) mass is 329 g/mol. The number of H-pyrrole nitrogens is 1. The van der Waals surface area contributed by atoms with Crippen LogP contribution in [0.15, 0.2) is 17.2 Å². The summed E-state index contributed by atoms with van der Waals surface area (Å²) in [5.74, 6) is 0.350. The Morgan fingerprint density at radius 2 is 2.08 bits per heavy atom. The number of aromatic nitrogens is 4. The van der Waals surface area contributed by atoms with Gasteiger partial charge in [0.15, 0.2) is 11.3 Å². The van der Waals surface area contributed by atoms with Crippen LogP contribution in [0.5, 0.6) is 0 Å². The number of hydrogen-bond donors (Lipinski definition) is 2. The first kappa shape index (κ1) is 16.4. The molecule has 0 aromatic carbocycles. The second kappa shape index (κ2) is 6.98. The fraction of sp³-hybridized carbons (Fsp3) is 0.529. The van der Waals surface area contributed by atoms with E-state index >= 15 is 0 Å². The molecule has 1 amide bonds. The van der Waals surface area contributed by atoms with Gasteiger partial charge in [0.25, 0.3) is 5.91 Å². The lowest BCUT2D eigenvalue weighted by Crippen LogP contribution is -2.31. The lowest BCUT2D eigenvalue weighted by Gasteiger charge is -2.24. The van der Waals surface area contributed by atoms with Crippen LogP contribution < -0.4 is 10.7 Å². The molecule has 1 fully saturated rings. The highest BCUT2D eigenvalue weighted by Gasteiger charge is 2.20. The molecule has 24 heavy (non-hydrogen) atoms. The summed E-state index contributed by atoms with van der Waals surface area (Å²) in [7, 11) is 0. The number of hydrogen-bond acceptors (Lipinski definition) is 4. The van der Waals surface area contributed by atoms with Crippen molar-refractivity contribution in [2.24, 2.45) is 0 Å². The first-order valence-corrected chi connectivity index (χ1v) is 8.43. The molecule has 7 heteroatoms. The quantitative estimate of drug-likeness (QED) is 0.897. The predicted octanol–water partition coefficient (Wildman–Crippen LogP) is 2.02. The van der Waals surface area contributed by atoms with Crippen molar-refractivity contribution in [2.75, 3.05) is 0 Å². The van der Waals surface area contributed by atoms with E-state index in [4.69, 9.17) is 0 Å². The van der Waals surface area contributed by atoms with Crippen molar-refractivity contribution < 1.29 is 4.79 Å². The summed E-state index contributed by atoms with van der Waals surface area (Å²) < 4.78 is 2.06. The minimum Gasteiger partial charge on any atom is -0.362 e. The van der Waals surface area contributed by atoms with Crippen molar-refractivity contribution in [2.45, 2.75) is 58.5 Å².